The summed E-state index contributed by atoms with van der Waals surface area (Å²) < 4.78 is 0. The first kappa shape index (κ1) is 8.59. The standard InChI is InChI=1S/C12H22/c1-9-7-8-10(2)12-6-4-3-5-11(9)12/h9-12H,3-8H2,1-2H3/t9-,10+,11-,12+. The normalized spacial score (nSPS) is 48.5. The van der Waals surface area contributed by atoms with Crippen LogP contribution in [0.1, 0.15) is 52.4 Å². The van der Waals surface area contributed by atoms with Crippen molar-refractivity contribution < 1.29 is 0 Å². The molecule has 0 amide bonds. The van der Waals surface area contributed by atoms with Gasteiger partial charge in [-0.05, 0) is 36.5 Å². The monoisotopic (exact) mass is 166 g/mol. The maximum Gasteiger partial charge on any atom is -0.0358 e. The average Bonchev–Trinajstić information content (AvgIpc) is 2.12. The lowest BCUT2D eigenvalue weighted by Crippen LogP contribution is -2.34. The molecule has 0 aliphatic heterocycles. The van der Waals surface area contributed by atoms with Crippen molar-refractivity contribution >= 4 is 0 Å². The van der Waals surface area contributed by atoms with Gasteiger partial charge in [0, 0.05) is 0 Å². The van der Waals surface area contributed by atoms with Gasteiger partial charge in [0.2, 0.25) is 0 Å². The summed E-state index contributed by atoms with van der Waals surface area (Å²) in [5, 5.41) is 0. The highest BCUT2D eigenvalue weighted by Gasteiger charge is 2.36. The zero-order valence-corrected chi connectivity index (χ0v) is 8.55. The van der Waals surface area contributed by atoms with Crippen LogP contribution in [0.4, 0.5) is 0 Å². The summed E-state index contributed by atoms with van der Waals surface area (Å²) in [5.74, 6) is 4.27. The van der Waals surface area contributed by atoms with Gasteiger partial charge in [-0.3, -0.25) is 0 Å². The fraction of sp³-hybridized carbons (Fsp3) is 1.00. The first-order valence-electron chi connectivity index (χ1n) is 5.79. The second-order valence-corrected chi connectivity index (χ2v) is 5.14. The Morgan fingerprint density at radius 1 is 0.667 bits per heavy atom. The van der Waals surface area contributed by atoms with E-state index in [0.29, 0.717) is 0 Å². The Morgan fingerprint density at radius 3 is 1.50 bits per heavy atom. The summed E-state index contributed by atoms with van der Waals surface area (Å²) >= 11 is 0. The van der Waals surface area contributed by atoms with Gasteiger partial charge in [-0.2, -0.15) is 0 Å². The molecule has 0 heterocycles. The van der Waals surface area contributed by atoms with Crippen molar-refractivity contribution in [1.29, 1.82) is 0 Å². The van der Waals surface area contributed by atoms with Crippen LogP contribution in [-0.2, 0) is 0 Å². The molecule has 12 heavy (non-hydrogen) atoms. The van der Waals surface area contributed by atoms with Crippen LogP contribution >= 0.6 is 0 Å². The third kappa shape index (κ3) is 1.41. The van der Waals surface area contributed by atoms with Crippen LogP contribution in [0.15, 0.2) is 0 Å². The van der Waals surface area contributed by atoms with Crippen molar-refractivity contribution in [2.45, 2.75) is 52.4 Å². The van der Waals surface area contributed by atoms with Gasteiger partial charge in [0.05, 0.1) is 0 Å². The molecule has 0 heteroatoms. The molecule has 4 atom stereocenters. The highest BCUT2D eigenvalue weighted by molar-refractivity contribution is 4.86. The molecule has 0 N–H and O–H groups in total. The van der Waals surface area contributed by atoms with Crippen LogP contribution in [-0.4, -0.2) is 0 Å². The highest BCUT2D eigenvalue weighted by Crippen LogP contribution is 2.46. The number of hydrogen-bond donors (Lipinski definition) is 0. The molecule has 0 bridgehead atoms. The van der Waals surface area contributed by atoms with E-state index in [9.17, 15) is 0 Å². The zero-order valence-electron chi connectivity index (χ0n) is 8.55. The van der Waals surface area contributed by atoms with Crippen molar-refractivity contribution in [2.24, 2.45) is 23.7 Å². The van der Waals surface area contributed by atoms with E-state index in [0.717, 1.165) is 23.7 Å². The molecule has 0 nitrogen and oxygen atoms in total. The molecule has 0 saturated heterocycles. The Hall–Kier alpha value is 0. The first-order chi connectivity index (χ1) is 5.79. The number of rotatable bonds is 0. The van der Waals surface area contributed by atoms with Crippen LogP contribution in [0.2, 0.25) is 0 Å². The van der Waals surface area contributed by atoms with Crippen LogP contribution in [0.25, 0.3) is 0 Å². The lowest BCUT2D eigenvalue weighted by molar-refractivity contribution is 0.0672. The molecule has 2 saturated carbocycles. The SMILES string of the molecule is C[C@@H]1CC[C@H](C)[C@@H]2CCCC[C@@H]21. The Bertz CT molecular complexity index is 132. The summed E-state index contributed by atoms with van der Waals surface area (Å²) in [7, 11) is 0. The molecule has 0 aromatic rings. The predicted octanol–water partition coefficient (Wildman–Crippen LogP) is 3.86. The number of fused-ring (bicyclic) bond motifs is 1. The predicted molar refractivity (Wildman–Crippen MR) is 53.0 cm³/mol. The number of hydrogen-bond acceptors (Lipinski definition) is 0. The molecule has 0 radical (unpaired) electrons. The molecule has 0 unspecified atom stereocenters. The molecule has 70 valence electrons. The van der Waals surface area contributed by atoms with Crippen LogP contribution in [0.5, 0.6) is 0 Å². The summed E-state index contributed by atoms with van der Waals surface area (Å²) in [6.45, 7) is 4.96. The van der Waals surface area contributed by atoms with Crippen molar-refractivity contribution in [3.63, 3.8) is 0 Å². The third-order valence-corrected chi connectivity index (χ3v) is 4.41. The Balaban J connectivity index is 2.05. The van der Waals surface area contributed by atoms with E-state index in [1.54, 1.807) is 0 Å². The van der Waals surface area contributed by atoms with Gasteiger partial charge >= 0.3 is 0 Å². The molecular weight excluding hydrogens is 144 g/mol. The summed E-state index contributed by atoms with van der Waals surface area (Å²) in [5.41, 5.74) is 0. The fourth-order valence-corrected chi connectivity index (χ4v) is 3.56. The summed E-state index contributed by atoms with van der Waals surface area (Å²) in [4.78, 5) is 0. The lowest BCUT2D eigenvalue weighted by atomic mass is 9.62. The van der Waals surface area contributed by atoms with Crippen molar-refractivity contribution in [1.82, 2.24) is 0 Å². The van der Waals surface area contributed by atoms with Gasteiger partial charge in [-0.15, -0.1) is 0 Å². The largest absolute Gasteiger partial charge is 0.0622 e. The van der Waals surface area contributed by atoms with E-state index in [4.69, 9.17) is 0 Å². The van der Waals surface area contributed by atoms with Crippen LogP contribution in [0.3, 0.4) is 0 Å². The lowest BCUT2D eigenvalue weighted by Gasteiger charge is -2.43. The van der Waals surface area contributed by atoms with Crippen LogP contribution in [0, 0.1) is 23.7 Å². The molecule has 2 aliphatic rings. The quantitative estimate of drug-likeness (QED) is 0.512. The molecule has 2 rings (SSSR count). The Labute approximate surface area is 76.7 Å². The maximum absolute atomic E-state index is 2.48. The highest BCUT2D eigenvalue weighted by atomic mass is 14.4. The van der Waals surface area contributed by atoms with Gasteiger partial charge in [-0.1, -0.05) is 39.5 Å². The van der Waals surface area contributed by atoms with Crippen LogP contribution < -0.4 is 0 Å². The topological polar surface area (TPSA) is 0 Å². The molecule has 0 spiro atoms. The molecule has 0 aromatic carbocycles. The van der Waals surface area contributed by atoms with E-state index in [1.165, 1.54) is 38.5 Å². The van der Waals surface area contributed by atoms with Gasteiger partial charge < -0.3 is 0 Å². The third-order valence-electron chi connectivity index (χ3n) is 4.41. The van der Waals surface area contributed by atoms with Crippen molar-refractivity contribution in [2.75, 3.05) is 0 Å². The molecule has 2 fully saturated rings. The molecule has 2 aliphatic carbocycles. The maximum atomic E-state index is 2.48. The summed E-state index contributed by atoms with van der Waals surface area (Å²) in [6, 6.07) is 0. The minimum Gasteiger partial charge on any atom is -0.0622 e. The second kappa shape index (κ2) is 3.40. The zero-order chi connectivity index (χ0) is 8.55. The summed E-state index contributed by atoms with van der Waals surface area (Å²) in [6.07, 6.45) is 9.10. The van der Waals surface area contributed by atoms with E-state index in [1.807, 2.05) is 0 Å². The smallest absolute Gasteiger partial charge is 0.0358 e. The van der Waals surface area contributed by atoms with Gasteiger partial charge in [0.25, 0.3) is 0 Å². The minimum atomic E-state index is 1.03. The van der Waals surface area contributed by atoms with E-state index < -0.39 is 0 Å². The van der Waals surface area contributed by atoms with E-state index in [-0.39, 0.29) is 0 Å². The molecule has 0 aromatic heterocycles. The second-order valence-electron chi connectivity index (χ2n) is 5.14. The fourth-order valence-electron chi connectivity index (χ4n) is 3.56. The van der Waals surface area contributed by atoms with E-state index in [2.05, 4.69) is 13.8 Å². The minimum absolute atomic E-state index is 1.03. The van der Waals surface area contributed by atoms with Gasteiger partial charge in [0.1, 0.15) is 0 Å². The average molecular weight is 166 g/mol. The van der Waals surface area contributed by atoms with Crippen molar-refractivity contribution in [3.05, 3.63) is 0 Å². The Kier molecular flexibility index (Phi) is 2.43. The molecular formula is C12H22. The first-order valence-corrected chi connectivity index (χ1v) is 5.79. The van der Waals surface area contributed by atoms with Crippen molar-refractivity contribution in [3.8, 4) is 0 Å². The van der Waals surface area contributed by atoms with Gasteiger partial charge in [0.15, 0.2) is 0 Å². The van der Waals surface area contributed by atoms with E-state index >= 15 is 0 Å². The Morgan fingerprint density at radius 2 is 1.08 bits per heavy atom. The van der Waals surface area contributed by atoms with Gasteiger partial charge in [-0.25, -0.2) is 0 Å².